The van der Waals surface area contributed by atoms with Crippen LogP contribution in [0.4, 0.5) is 0 Å². The van der Waals surface area contributed by atoms with Crippen molar-refractivity contribution in [3.63, 3.8) is 0 Å². The van der Waals surface area contributed by atoms with Crippen molar-refractivity contribution in [2.24, 2.45) is 0 Å². The maximum Gasteiger partial charge on any atom is 0.117 e. The van der Waals surface area contributed by atoms with Gasteiger partial charge < -0.3 is 9.52 Å². The highest BCUT2D eigenvalue weighted by Crippen LogP contribution is 2.12. The highest BCUT2D eigenvalue weighted by Gasteiger charge is 2.16. The van der Waals surface area contributed by atoms with E-state index in [0.29, 0.717) is 19.6 Å². The molecule has 0 aliphatic rings. The molecule has 0 saturated heterocycles. The first-order valence-corrected chi connectivity index (χ1v) is 9.38. The van der Waals surface area contributed by atoms with Crippen molar-refractivity contribution in [3.8, 4) is 0 Å². The molecule has 1 aromatic heterocycles. The van der Waals surface area contributed by atoms with Crippen LogP contribution < -0.4 is 0 Å². The van der Waals surface area contributed by atoms with Gasteiger partial charge in [-0.05, 0) is 30.3 Å². The molecule has 0 saturated carbocycles. The summed E-state index contributed by atoms with van der Waals surface area (Å²) >= 11 is 0. The number of aliphatic hydroxyl groups excluding tert-OH is 1. The lowest BCUT2D eigenvalue weighted by molar-refractivity contribution is 0.0713. The molecule has 142 valence electrons. The van der Waals surface area contributed by atoms with Gasteiger partial charge in [-0.2, -0.15) is 0 Å². The average molecular weight is 364 g/mol. The van der Waals surface area contributed by atoms with Crippen LogP contribution in [-0.2, 0) is 19.6 Å². The Morgan fingerprint density at radius 3 is 2.00 bits per heavy atom. The topological polar surface area (TPSA) is 39.9 Å². The molecule has 1 heterocycles. The van der Waals surface area contributed by atoms with E-state index in [2.05, 4.69) is 34.1 Å². The van der Waals surface area contributed by atoms with Crippen LogP contribution in [0.1, 0.15) is 16.9 Å². The van der Waals surface area contributed by atoms with Gasteiger partial charge in [0.25, 0.3) is 0 Å². The Bertz CT molecular complexity index is 760. The Balaban J connectivity index is 1.56. The van der Waals surface area contributed by atoms with E-state index in [9.17, 15) is 5.11 Å². The first-order valence-electron chi connectivity index (χ1n) is 9.38. The first kappa shape index (κ1) is 19.4. The molecule has 3 aromatic rings. The zero-order valence-electron chi connectivity index (χ0n) is 15.9. The second-order valence-corrected chi connectivity index (χ2v) is 7.07. The monoisotopic (exact) mass is 364 g/mol. The van der Waals surface area contributed by atoms with E-state index in [4.69, 9.17) is 4.42 Å². The van der Waals surface area contributed by atoms with Crippen molar-refractivity contribution in [2.75, 3.05) is 20.1 Å². The quantitative estimate of drug-likeness (QED) is 0.594. The van der Waals surface area contributed by atoms with Gasteiger partial charge in [-0.3, -0.25) is 9.80 Å². The van der Waals surface area contributed by atoms with Crippen LogP contribution in [0.3, 0.4) is 0 Å². The van der Waals surface area contributed by atoms with Crippen LogP contribution in [0.15, 0.2) is 83.5 Å². The van der Waals surface area contributed by atoms with E-state index < -0.39 is 6.10 Å². The molecule has 0 amide bonds. The third kappa shape index (κ3) is 6.68. The largest absolute Gasteiger partial charge is 0.468 e. The van der Waals surface area contributed by atoms with Gasteiger partial charge in [-0.25, -0.2) is 0 Å². The van der Waals surface area contributed by atoms with Crippen LogP contribution in [-0.4, -0.2) is 41.1 Å². The minimum Gasteiger partial charge on any atom is -0.468 e. The normalized spacial score (nSPS) is 12.6. The first-order chi connectivity index (χ1) is 13.2. The van der Waals surface area contributed by atoms with E-state index in [1.54, 1.807) is 6.26 Å². The Morgan fingerprint density at radius 2 is 1.41 bits per heavy atom. The van der Waals surface area contributed by atoms with Gasteiger partial charge in [0, 0.05) is 26.2 Å². The fourth-order valence-corrected chi connectivity index (χ4v) is 3.32. The molecule has 1 N–H and O–H groups in total. The number of aliphatic hydroxyl groups is 1. The maximum absolute atomic E-state index is 10.7. The van der Waals surface area contributed by atoms with Gasteiger partial charge >= 0.3 is 0 Å². The van der Waals surface area contributed by atoms with Crippen LogP contribution in [0.25, 0.3) is 0 Å². The molecule has 4 heteroatoms. The number of likely N-dealkylation sites (N-methyl/N-ethyl adjacent to an activating group) is 1. The Hall–Kier alpha value is -2.40. The number of hydrogen-bond acceptors (Lipinski definition) is 4. The van der Waals surface area contributed by atoms with Crippen LogP contribution in [0.2, 0.25) is 0 Å². The summed E-state index contributed by atoms with van der Waals surface area (Å²) in [5, 5.41) is 10.7. The fourth-order valence-electron chi connectivity index (χ4n) is 3.32. The Labute approximate surface area is 161 Å². The maximum atomic E-state index is 10.7. The van der Waals surface area contributed by atoms with Crippen molar-refractivity contribution >= 4 is 0 Å². The predicted octanol–water partition coefficient (Wildman–Crippen LogP) is 3.77. The van der Waals surface area contributed by atoms with E-state index in [0.717, 1.165) is 18.8 Å². The molecule has 1 atom stereocenters. The number of rotatable bonds is 10. The van der Waals surface area contributed by atoms with Crippen LogP contribution in [0, 0.1) is 0 Å². The average Bonchev–Trinajstić information content (AvgIpc) is 3.16. The summed E-state index contributed by atoms with van der Waals surface area (Å²) in [6.45, 7) is 3.50. The van der Waals surface area contributed by atoms with Gasteiger partial charge in [-0.15, -0.1) is 0 Å². The highest BCUT2D eigenvalue weighted by molar-refractivity contribution is 5.15. The van der Waals surface area contributed by atoms with Crippen molar-refractivity contribution in [1.82, 2.24) is 9.80 Å². The molecule has 0 radical (unpaired) electrons. The molecule has 27 heavy (non-hydrogen) atoms. The molecule has 0 spiro atoms. The molecule has 0 aliphatic carbocycles. The molecule has 2 aromatic carbocycles. The second kappa shape index (κ2) is 10.1. The zero-order chi connectivity index (χ0) is 18.9. The van der Waals surface area contributed by atoms with Crippen molar-refractivity contribution in [1.29, 1.82) is 0 Å². The standard InChI is InChI=1S/C23H28N2O2/c1-24(15-20-9-4-2-5-10-20)17-22(26)18-25(19-23-13-8-14-27-23)16-21-11-6-3-7-12-21/h2-14,22,26H,15-19H2,1H3. The van der Waals surface area contributed by atoms with Crippen molar-refractivity contribution in [3.05, 3.63) is 95.9 Å². The summed E-state index contributed by atoms with van der Waals surface area (Å²) < 4.78 is 5.51. The summed E-state index contributed by atoms with van der Waals surface area (Å²) in [5.74, 6) is 0.913. The molecule has 1 unspecified atom stereocenters. The summed E-state index contributed by atoms with van der Waals surface area (Å²) in [6, 6.07) is 24.6. The van der Waals surface area contributed by atoms with Gasteiger partial charge in [0.1, 0.15) is 5.76 Å². The number of hydrogen-bond donors (Lipinski definition) is 1. The van der Waals surface area contributed by atoms with Gasteiger partial charge in [0.05, 0.1) is 18.9 Å². The van der Waals surface area contributed by atoms with Crippen molar-refractivity contribution in [2.45, 2.75) is 25.7 Å². The zero-order valence-corrected chi connectivity index (χ0v) is 15.9. The molecule has 0 fully saturated rings. The van der Waals surface area contributed by atoms with Crippen molar-refractivity contribution < 1.29 is 9.52 Å². The molecule has 0 bridgehead atoms. The second-order valence-electron chi connectivity index (χ2n) is 7.07. The summed E-state index contributed by atoms with van der Waals surface area (Å²) in [6.07, 6.45) is 1.26. The lowest BCUT2D eigenvalue weighted by atomic mass is 10.2. The lowest BCUT2D eigenvalue weighted by Gasteiger charge is -2.27. The molecular weight excluding hydrogens is 336 g/mol. The minimum atomic E-state index is -0.433. The van der Waals surface area contributed by atoms with Crippen LogP contribution >= 0.6 is 0 Å². The highest BCUT2D eigenvalue weighted by atomic mass is 16.3. The Morgan fingerprint density at radius 1 is 0.778 bits per heavy atom. The number of furan rings is 1. The summed E-state index contributed by atoms with van der Waals surface area (Å²) in [7, 11) is 2.05. The smallest absolute Gasteiger partial charge is 0.117 e. The van der Waals surface area contributed by atoms with E-state index in [1.165, 1.54) is 11.1 Å². The third-order valence-electron chi connectivity index (χ3n) is 4.50. The number of benzene rings is 2. The Kier molecular flexibility index (Phi) is 7.22. The van der Waals surface area contributed by atoms with E-state index >= 15 is 0 Å². The SMILES string of the molecule is CN(Cc1ccccc1)CC(O)CN(Cc1ccccc1)Cc1ccco1. The summed E-state index contributed by atoms with van der Waals surface area (Å²) in [5.41, 5.74) is 2.48. The fraction of sp³-hybridized carbons (Fsp3) is 0.304. The molecule has 4 nitrogen and oxygen atoms in total. The predicted molar refractivity (Wildman–Crippen MR) is 108 cm³/mol. The molecular formula is C23H28N2O2. The van der Waals surface area contributed by atoms with Gasteiger partial charge in [-0.1, -0.05) is 60.7 Å². The van der Waals surface area contributed by atoms with E-state index in [-0.39, 0.29) is 0 Å². The van der Waals surface area contributed by atoms with Gasteiger partial charge in [0.2, 0.25) is 0 Å². The lowest BCUT2D eigenvalue weighted by Crippen LogP contribution is -2.38. The number of nitrogens with zero attached hydrogens (tertiary/aromatic N) is 2. The molecule has 3 rings (SSSR count). The van der Waals surface area contributed by atoms with Crippen LogP contribution in [0.5, 0.6) is 0 Å². The van der Waals surface area contributed by atoms with Gasteiger partial charge in [0.15, 0.2) is 0 Å². The third-order valence-corrected chi connectivity index (χ3v) is 4.50. The molecule has 0 aliphatic heterocycles. The summed E-state index contributed by atoms with van der Waals surface area (Å²) in [4.78, 5) is 4.39. The minimum absolute atomic E-state index is 0.433. The van der Waals surface area contributed by atoms with E-state index in [1.807, 2.05) is 55.6 Å².